The van der Waals surface area contributed by atoms with E-state index >= 15 is 0 Å². The molecule has 1 aliphatic carbocycles. The summed E-state index contributed by atoms with van der Waals surface area (Å²) >= 11 is 11.9. The Morgan fingerprint density at radius 2 is 2.00 bits per heavy atom. The van der Waals surface area contributed by atoms with Gasteiger partial charge >= 0.3 is 0 Å². The summed E-state index contributed by atoms with van der Waals surface area (Å²) in [6.07, 6.45) is 5.18. The van der Waals surface area contributed by atoms with Gasteiger partial charge < -0.3 is 5.32 Å². The van der Waals surface area contributed by atoms with Gasteiger partial charge in [-0.1, -0.05) is 42.1 Å². The number of nitrogens with one attached hydrogen (secondary N) is 1. The maximum absolute atomic E-state index is 11.8. The third-order valence-electron chi connectivity index (χ3n) is 3.43. The van der Waals surface area contributed by atoms with Gasteiger partial charge in [0.25, 0.3) is 0 Å². The average Bonchev–Trinajstić information content (AvgIpc) is 2.85. The molecule has 4 heteroatoms. The molecule has 2 nitrogen and oxygen atoms in total. The quantitative estimate of drug-likeness (QED) is 0.895. The molecule has 0 atom stereocenters. The molecular weight excluding hydrogens is 269 g/mol. The second-order valence-electron chi connectivity index (χ2n) is 4.76. The Balaban J connectivity index is 1.79. The molecule has 0 spiro atoms. The molecule has 0 unspecified atom stereocenters. The predicted molar refractivity (Wildman–Crippen MR) is 75.1 cm³/mol. The topological polar surface area (TPSA) is 29.1 Å². The zero-order valence-electron chi connectivity index (χ0n) is 10.2. The van der Waals surface area contributed by atoms with Gasteiger partial charge in [-0.15, -0.1) is 0 Å². The molecule has 0 aromatic heterocycles. The summed E-state index contributed by atoms with van der Waals surface area (Å²) in [5, 5.41) is 4.29. The van der Waals surface area contributed by atoms with Crippen LogP contribution < -0.4 is 5.32 Å². The minimum atomic E-state index is 0.192. The lowest BCUT2D eigenvalue weighted by atomic mass is 10.1. The highest BCUT2D eigenvalue weighted by atomic mass is 35.5. The molecule has 0 bridgehead atoms. The number of carbonyl (C=O) groups excluding carboxylic acids is 1. The lowest BCUT2D eigenvalue weighted by molar-refractivity contribution is -0.124. The molecule has 0 aliphatic heterocycles. The van der Waals surface area contributed by atoms with Gasteiger partial charge in [-0.25, -0.2) is 0 Å². The predicted octanol–water partition coefficient (Wildman–Crippen LogP) is 3.84. The van der Waals surface area contributed by atoms with Crippen LogP contribution in [0.5, 0.6) is 0 Å². The molecule has 18 heavy (non-hydrogen) atoms. The highest BCUT2D eigenvalue weighted by Gasteiger charge is 2.21. The van der Waals surface area contributed by atoms with Gasteiger partial charge in [-0.3, -0.25) is 4.79 Å². The summed E-state index contributed by atoms with van der Waals surface area (Å²) in [6, 6.07) is 5.46. The van der Waals surface area contributed by atoms with E-state index in [2.05, 4.69) is 5.32 Å². The second-order valence-corrected chi connectivity index (χ2v) is 5.60. The fourth-order valence-corrected chi connectivity index (χ4v) is 2.88. The summed E-state index contributed by atoms with van der Waals surface area (Å²) in [6.45, 7) is 0.636. The second kappa shape index (κ2) is 6.44. The smallest absolute Gasteiger partial charge is 0.223 e. The molecule has 0 saturated heterocycles. The number of carbonyl (C=O) groups is 1. The van der Waals surface area contributed by atoms with E-state index in [1.807, 2.05) is 12.1 Å². The van der Waals surface area contributed by atoms with Crippen LogP contribution in [0.4, 0.5) is 0 Å². The molecule has 2 rings (SSSR count). The third kappa shape index (κ3) is 3.63. The van der Waals surface area contributed by atoms with Crippen LogP contribution in [0.25, 0.3) is 0 Å². The van der Waals surface area contributed by atoms with Crippen LogP contribution in [-0.4, -0.2) is 12.5 Å². The van der Waals surface area contributed by atoms with Crippen LogP contribution in [0.2, 0.25) is 10.0 Å². The summed E-state index contributed by atoms with van der Waals surface area (Å²) < 4.78 is 0. The maximum Gasteiger partial charge on any atom is 0.223 e. The first-order valence-corrected chi connectivity index (χ1v) is 7.14. The zero-order valence-corrected chi connectivity index (χ0v) is 11.7. The molecule has 98 valence electrons. The van der Waals surface area contributed by atoms with E-state index in [1.165, 1.54) is 12.8 Å². The largest absolute Gasteiger partial charge is 0.356 e. The number of rotatable bonds is 4. The van der Waals surface area contributed by atoms with Crippen LogP contribution >= 0.6 is 23.2 Å². The van der Waals surface area contributed by atoms with Crippen LogP contribution in [0.1, 0.15) is 31.2 Å². The number of benzene rings is 1. The SMILES string of the molecule is O=C(NCCc1ccc(Cl)cc1Cl)C1CCCC1. The Labute approximate surface area is 118 Å². The van der Waals surface area contributed by atoms with Crippen molar-refractivity contribution >= 4 is 29.1 Å². The third-order valence-corrected chi connectivity index (χ3v) is 4.02. The van der Waals surface area contributed by atoms with Crippen LogP contribution in [0, 0.1) is 5.92 Å². The van der Waals surface area contributed by atoms with Gasteiger partial charge in [0.05, 0.1) is 0 Å². The Hall–Kier alpha value is -0.730. The van der Waals surface area contributed by atoms with Crippen molar-refractivity contribution in [3.8, 4) is 0 Å². The van der Waals surface area contributed by atoms with Gasteiger partial charge in [0.15, 0.2) is 0 Å². The molecule has 1 amide bonds. The van der Waals surface area contributed by atoms with Crippen molar-refractivity contribution in [3.05, 3.63) is 33.8 Å². The fraction of sp³-hybridized carbons (Fsp3) is 0.500. The highest BCUT2D eigenvalue weighted by molar-refractivity contribution is 6.35. The van der Waals surface area contributed by atoms with E-state index in [4.69, 9.17) is 23.2 Å². The summed E-state index contributed by atoms with van der Waals surface area (Å²) in [7, 11) is 0. The monoisotopic (exact) mass is 285 g/mol. The van der Waals surface area contributed by atoms with Gasteiger partial charge in [0.2, 0.25) is 5.91 Å². The summed E-state index contributed by atoms with van der Waals surface area (Å²) in [4.78, 5) is 11.8. The molecule has 1 saturated carbocycles. The molecule has 1 aromatic rings. The number of amides is 1. The van der Waals surface area contributed by atoms with Gasteiger partial charge in [-0.05, 0) is 37.0 Å². The molecule has 1 N–H and O–H groups in total. The van der Waals surface area contributed by atoms with Gasteiger partial charge in [-0.2, -0.15) is 0 Å². The average molecular weight is 286 g/mol. The van der Waals surface area contributed by atoms with E-state index in [0.29, 0.717) is 16.6 Å². The standard InChI is InChI=1S/C14H17Cl2NO/c15-12-6-5-10(13(16)9-12)7-8-17-14(18)11-3-1-2-4-11/h5-6,9,11H,1-4,7-8H2,(H,17,18). The normalized spacial score (nSPS) is 15.9. The van der Waals surface area contributed by atoms with Crippen molar-refractivity contribution in [1.82, 2.24) is 5.32 Å². The van der Waals surface area contributed by atoms with E-state index < -0.39 is 0 Å². The van der Waals surface area contributed by atoms with Crippen LogP contribution in [-0.2, 0) is 11.2 Å². The minimum absolute atomic E-state index is 0.192. The Morgan fingerprint density at radius 1 is 1.28 bits per heavy atom. The van der Waals surface area contributed by atoms with E-state index in [-0.39, 0.29) is 11.8 Å². The van der Waals surface area contributed by atoms with Crippen molar-refractivity contribution in [2.24, 2.45) is 5.92 Å². The highest BCUT2D eigenvalue weighted by Crippen LogP contribution is 2.25. The van der Waals surface area contributed by atoms with Crippen LogP contribution in [0.15, 0.2) is 18.2 Å². The first kappa shape index (κ1) is 13.7. The van der Waals surface area contributed by atoms with Crippen molar-refractivity contribution in [2.75, 3.05) is 6.54 Å². The fourth-order valence-electron chi connectivity index (χ4n) is 2.38. The number of hydrogen-bond donors (Lipinski definition) is 1. The van der Waals surface area contributed by atoms with Crippen molar-refractivity contribution in [2.45, 2.75) is 32.1 Å². The number of hydrogen-bond acceptors (Lipinski definition) is 1. The zero-order chi connectivity index (χ0) is 13.0. The summed E-state index contributed by atoms with van der Waals surface area (Å²) in [5.74, 6) is 0.420. The Morgan fingerprint density at radius 3 is 2.67 bits per heavy atom. The van der Waals surface area contributed by atoms with E-state index in [0.717, 1.165) is 24.8 Å². The molecule has 0 heterocycles. The first-order chi connectivity index (χ1) is 8.66. The Kier molecular flexibility index (Phi) is 4.90. The molecule has 0 radical (unpaired) electrons. The minimum Gasteiger partial charge on any atom is -0.356 e. The first-order valence-electron chi connectivity index (χ1n) is 6.38. The molecule has 1 aliphatic rings. The van der Waals surface area contributed by atoms with Gasteiger partial charge in [0, 0.05) is 22.5 Å². The van der Waals surface area contributed by atoms with Crippen molar-refractivity contribution in [3.63, 3.8) is 0 Å². The molecular formula is C14H17Cl2NO. The molecule has 1 fully saturated rings. The lowest BCUT2D eigenvalue weighted by Gasteiger charge is -2.10. The van der Waals surface area contributed by atoms with Crippen LogP contribution in [0.3, 0.4) is 0 Å². The van der Waals surface area contributed by atoms with E-state index in [9.17, 15) is 4.79 Å². The summed E-state index contributed by atoms with van der Waals surface area (Å²) in [5.41, 5.74) is 1.02. The van der Waals surface area contributed by atoms with Crippen molar-refractivity contribution in [1.29, 1.82) is 0 Å². The van der Waals surface area contributed by atoms with Crippen molar-refractivity contribution < 1.29 is 4.79 Å². The maximum atomic E-state index is 11.8. The molecule has 1 aromatic carbocycles. The van der Waals surface area contributed by atoms with E-state index in [1.54, 1.807) is 6.07 Å². The number of halogens is 2. The lowest BCUT2D eigenvalue weighted by Crippen LogP contribution is -2.30. The van der Waals surface area contributed by atoms with Gasteiger partial charge in [0.1, 0.15) is 0 Å². The Bertz CT molecular complexity index is 428.